The summed E-state index contributed by atoms with van der Waals surface area (Å²) in [5.41, 5.74) is 9.99. The van der Waals surface area contributed by atoms with Crippen LogP contribution in [0.2, 0.25) is 0 Å². The number of fused-ring (bicyclic) bond motifs is 3. The van der Waals surface area contributed by atoms with Gasteiger partial charge in [-0.05, 0) is 101 Å². The zero-order chi connectivity index (χ0) is 32.6. The summed E-state index contributed by atoms with van der Waals surface area (Å²) in [6.45, 7) is 0. The van der Waals surface area contributed by atoms with Crippen LogP contribution in [0.1, 0.15) is 0 Å². The largest absolute Gasteiger partial charge is 0.0875 e. The van der Waals surface area contributed by atoms with Gasteiger partial charge in [0, 0.05) is 0 Å². The van der Waals surface area contributed by atoms with Gasteiger partial charge < -0.3 is 0 Å². The SMILES string of the molecule is c1ccc([SiH2]c2ccc3c(-c4ccc5ccccc5c4)c4ccccc4c(-c4cc(-c5ccccc5)cc(-c5ccccc5)c4)c3c2)cc1. The van der Waals surface area contributed by atoms with Crippen molar-refractivity contribution in [1.29, 1.82) is 0 Å². The highest BCUT2D eigenvalue weighted by atomic mass is 28.2. The molecule has 49 heavy (non-hydrogen) atoms. The molecule has 0 amide bonds. The summed E-state index contributed by atoms with van der Waals surface area (Å²) in [4.78, 5) is 0. The number of hydrogen-bond donors (Lipinski definition) is 0. The van der Waals surface area contributed by atoms with E-state index in [0.29, 0.717) is 0 Å². The molecule has 0 saturated carbocycles. The lowest BCUT2D eigenvalue weighted by Crippen LogP contribution is -2.26. The highest BCUT2D eigenvalue weighted by Gasteiger charge is 2.19. The standard InChI is InChI=1S/C48H34Si/c1-4-14-33(15-5-1)38-29-39(34-16-6-2-7-17-34)31-40(30-38)48-44-23-13-12-22-43(44)47(37-25-24-35-18-10-11-19-36(35)28-37)45-27-26-42(32-46(45)48)49-41-20-8-3-9-21-41/h1-32H,49H2. The molecule has 0 bridgehead atoms. The van der Waals surface area contributed by atoms with Crippen LogP contribution in [0, 0.1) is 0 Å². The molecule has 0 fully saturated rings. The zero-order valence-electron chi connectivity index (χ0n) is 27.2. The van der Waals surface area contributed by atoms with E-state index >= 15 is 0 Å². The van der Waals surface area contributed by atoms with Crippen molar-refractivity contribution in [1.82, 2.24) is 0 Å². The highest BCUT2D eigenvalue weighted by Crippen LogP contribution is 2.45. The first-order valence-corrected chi connectivity index (χ1v) is 18.5. The summed E-state index contributed by atoms with van der Waals surface area (Å²) >= 11 is 0. The Morgan fingerprint density at radius 3 is 1.41 bits per heavy atom. The molecule has 0 aromatic heterocycles. The van der Waals surface area contributed by atoms with Gasteiger partial charge in [-0.2, -0.15) is 0 Å². The first kappa shape index (κ1) is 29.1. The topological polar surface area (TPSA) is 0 Å². The fourth-order valence-corrected chi connectivity index (χ4v) is 9.02. The van der Waals surface area contributed by atoms with E-state index in [2.05, 4.69) is 194 Å². The Kier molecular flexibility index (Phi) is 7.46. The fourth-order valence-electron chi connectivity index (χ4n) is 7.50. The van der Waals surface area contributed by atoms with Gasteiger partial charge in [0.05, 0.1) is 9.52 Å². The molecular formula is C48H34Si. The predicted octanol–water partition coefficient (Wildman–Crippen LogP) is 10.9. The third-order valence-corrected chi connectivity index (χ3v) is 11.5. The Balaban J connectivity index is 1.38. The maximum atomic E-state index is 2.51. The summed E-state index contributed by atoms with van der Waals surface area (Å²) in [5.74, 6) is 0. The highest BCUT2D eigenvalue weighted by molar-refractivity contribution is 6.67. The molecule has 0 unspecified atom stereocenters. The monoisotopic (exact) mass is 638 g/mol. The summed E-state index contributed by atoms with van der Waals surface area (Å²) in [6, 6.07) is 71.7. The van der Waals surface area contributed by atoms with E-state index in [4.69, 9.17) is 0 Å². The molecule has 0 atom stereocenters. The predicted molar refractivity (Wildman–Crippen MR) is 215 cm³/mol. The van der Waals surface area contributed by atoms with Crippen molar-refractivity contribution in [3.63, 3.8) is 0 Å². The Labute approximate surface area is 289 Å². The second-order valence-electron chi connectivity index (χ2n) is 12.9. The van der Waals surface area contributed by atoms with E-state index in [0.717, 1.165) is 0 Å². The van der Waals surface area contributed by atoms with Gasteiger partial charge in [-0.1, -0.05) is 180 Å². The minimum absolute atomic E-state index is 0.672. The molecule has 0 aliphatic carbocycles. The first-order chi connectivity index (χ1) is 24.3. The lowest BCUT2D eigenvalue weighted by atomic mass is 9.84. The van der Waals surface area contributed by atoms with Gasteiger partial charge in [-0.15, -0.1) is 0 Å². The van der Waals surface area contributed by atoms with Gasteiger partial charge >= 0.3 is 0 Å². The molecule has 0 spiro atoms. The second-order valence-corrected chi connectivity index (χ2v) is 14.9. The number of rotatable bonds is 6. The second kappa shape index (κ2) is 12.5. The third kappa shape index (κ3) is 5.55. The lowest BCUT2D eigenvalue weighted by Gasteiger charge is -2.20. The fraction of sp³-hybridized carbons (Fsp3) is 0. The molecule has 0 N–H and O–H groups in total. The van der Waals surface area contributed by atoms with Gasteiger partial charge in [0.2, 0.25) is 0 Å². The molecular weight excluding hydrogens is 605 g/mol. The van der Waals surface area contributed by atoms with Crippen LogP contribution in [-0.2, 0) is 0 Å². The maximum Gasteiger partial charge on any atom is 0.0875 e. The Bertz CT molecular complexity index is 2550. The van der Waals surface area contributed by atoms with Crippen molar-refractivity contribution in [2.24, 2.45) is 0 Å². The Morgan fingerprint density at radius 2 is 0.755 bits per heavy atom. The number of benzene rings is 9. The summed E-state index contributed by atoms with van der Waals surface area (Å²) in [6.07, 6.45) is 0. The molecule has 0 heterocycles. The molecule has 0 radical (unpaired) electrons. The zero-order valence-corrected chi connectivity index (χ0v) is 28.6. The minimum Gasteiger partial charge on any atom is -0.0633 e. The van der Waals surface area contributed by atoms with Gasteiger partial charge in [0.25, 0.3) is 0 Å². The van der Waals surface area contributed by atoms with Crippen LogP contribution in [0.3, 0.4) is 0 Å². The molecule has 0 nitrogen and oxygen atoms in total. The molecule has 9 aromatic carbocycles. The molecule has 230 valence electrons. The summed E-state index contributed by atoms with van der Waals surface area (Å²) < 4.78 is 0. The normalized spacial score (nSPS) is 11.6. The molecule has 1 heteroatoms. The van der Waals surface area contributed by atoms with E-state index in [1.165, 1.54) is 87.2 Å². The Morgan fingerprint density at radius 1 is 0.245 bits per heavy atom. The van der Waals surface area contributed by atoms with Crippen molar-refractivity contribution >= 4 is 52.2 Å². The van der Waals surface area contributed by atoms with E-state index in [1.54, 1.807) is 0 Å². The summed E-state index contributed by atoms with van der Waals surface area (Å²) in [5, 5.41) is 10.6. The van der Waals surface area contributed by atoms with Crippen molar-refractivity contribution in [3.8, 4) is 44.5 Å². The molecule has 0 aliphatic rings. The van der Waals surface area contributed by atoms with Crippen molar-refractivity contribution in [2.75, 3.05) is 0 Å². The maximum absolute atomic E-state index is 2.51. The van der Waals surface area contributed by atoms with Gasteiger partial charge in [-0.3, -0.25) is 0 Å². The van der Waals surface area contributed by atoms with Gasteiger partial charge in [-0.25, -0.2) is 0 Å². The van der Waals surface area contributed by atoms with E-state index in [1.807, 2.05) is 0 Å². The minimum atomic E-state index is -0.672. The van der Waals surface area contributed by atoms with Crippen molar-refractivity contribution in [2.45, 2.75) is 0 Å². The van der Waals surface area contributed by atoms with Crippen LogP contribution in [0.15, 0.2) is 194 Å². The smallest absolute Gasteiger partial charge is 0.0633 e. The molecule has 9 aromatic rings. The van der Waals surface area contributed by atoms with Gasteiger partial charge in [0.15, 0.2) is 0 Å². The van der Waals surface area contributed by atoms with Crippen LogP contribution >= 0.6 is 0 Å². The quantitative estimate of drug-likeness (QED) is 0.126. The molecule has 0 aliphatic heterocycles. The summed E-state index contributed by atoms with van der Waals surface area (Å²) in [7, 11) is -0.672. The van der Waals surface area contributed by atoms with Crippen molar-refractivity contribution < 1.29 is 0 Å². The van der Waals surface area contributed by atoms with Crippen LogP contribution < -0.4 is 10.4 Å². The molecule has 9 rings (SSSR count). The Hall–Kier alpha value is -6.02. The molecule has 0 saturated heterocycles. The van der Waals surface area contributed by atoms with Crippen molar-refractivity contribution in [3.05, 3.63) is 194 Å². The number of hydrogen-bond acceptors (Lipinski definition) is 0. The first-order valence-electron chi connectivity index (χ1n) is 17.1. The van der Waals surface area contributed by atoms with Gasteiger partial charge in [0.1, 0.15) is 0 Å². The van der Waals surface area contributed by atoms with E-state index < -0.39 is 9.52 Å². The lowest BCUT2D eigenvalue weighted by molar-refractivity contribution is 1.58. The average molecular weight is 639 g/mol. The van der Waals surface area contributed by atoms with Crippen LogP contribution in [0.5, 0.6) is 0 Å². The van der Waals surface area contributed by atoms with Crippen LogP contribution in [0.4, 0.5) is 0 Å². The van der Waals surface area contributed by atoms with Crippen LogP contribution in [0.25, 0.3) is 76.8 Å². The average Bonchev–Trinajstić information content (AvgIpc) is 3.17. The van der Waals surface area contributed by atoms with E-state index in [9.17, 15) is 0 Å². The third-order valence-electron chi connectivity index (χ3n) is 9.81. The van der Waals surface area contributed by atoms with E-state index in [-0.39, 0.29) is 0 Å². The van der Waals surface area contributed by atoms with Crippen LogP contribution in [-0.4, -0.2) is 9.52 Å².